The number of carbonyl (C=O) groups excluding carboxylic acids is 2. The van der Waals surface area contributed by atoms with Crippen LogP contribution in [-0.4, -0.2) is 25.7 Å². The van der Waals surface area contributed by atoms with Crippen LogP contribution >= 0.6 is 0 Å². The summed E-state index contributed by atoms with van der Waals surface area (Å²) < 4.78 is 9.41. The Kier molecular flexibility index (Phi) is 19.4. The molecular weight excluding hydrogens is 328 g/mol. The first kappa shape index (κ1) is 24.9. The zero-order valence-electron chi connectivity index (χ0n) is 17.4. The molecule has 4 nitrogen and oxygen atoms in total. The molecule has 0 fully saturated rings. The first-order chi connectivity index (χ1) is 12.7. The molecule has 0 aromatic carbocycles. The van der Waals surface area contributed by atoms with Crippen LogP contribution in [0.2, 0.25) is 0 Å². The molecule has 0 spiro atoms. The lowest BCUT2D eigenvalue weighted by atomic mass is 10.0. The lowest BCUT2D eigenvalue weighted by Gasteiger charge is -2.05. The Morgan fingerprint density at radius 2 is 0.962 bits per heavy atom. The van der Waals surface area contributed by atoms with Crippen molar-refractivity contribution >= 4 is 11.9 Å². The number of methoxy groups -OCH3 is 1. The molecule has 0 aliphatic carbocycles. The highest BCUT2D eigenvalue weighted by Gasteiger charge is 2.09. The van der Waals surface area contributed by atoms with Gasteiger partial charge in [0.25, 0.3) is 0 Å². The number of hydrogen-bond donors (Lipinski definition) is 0. The van der Waals surface area contributed by atoms with Crippen molar-refractivity contribution in [2.24, 2.45) is 0 Å². The van der Waals surface area contributed by atoms with E-state index < -0.39 is 11.9 Å². The predicted octanol–water partition coefficient (Wildman–Crippen LogP) is 6.35. The lowest BCUT2D eigenvalue weighted by molar-refractivity contribution is -0.153. The van der Waals surface area contributed by atoms with E-state index in [1.54, 1.807) is 0 Å². The Bertz CT molecular complexity index is 328. The van der Waals surface area contributed by atoms with Gasteiger partial charge in [0.2, 0.25) is 0 Å². The predicted molar refractivity (Wildman–Crippen MR) is 107 cm³/mol. The summed E-state index contributed by atoms with van der Waals surface area (Å²) in [6.45, 7) is 2.68. The molecule has 0 N–H and O–H groups in total. The van der Waals surface area contributed by atoms with Gasteiger partial charge in [0.05, 0.1) is 13.7 Å². The summed E-state index contributed by atoms with van der Waals surface area (Å²) in [6, 6.07) is 0. The van der Waals surface area contributed by atoms with Crippen LogP contribution in [0.1, 0.15) is 116 Å². The maximum Gasteiger partial charge on any atom is 0.317 e. The smallest absolute Gasteiger partial charge is 0.317 e. The summed E-state index contributed by atoms with van der Waals surface area (Å²) in [5, 5.41) is 0. The number of esters is 2. The van der Waals surface area contributed by atoms with Gasteiger partial charge in [-0.05, 0) is 6.42 Å². The molecule has 0 rings (SSSR count). The van der Waals surface area contributed by atoms with E-state index in [1.807, 2.05) is 0 Å². The van der Waals surface area contributed by atoms with Crippen LogP contribution in [0.25, 0.3) is 0 Å². The van der Waals surface area contributed by atoms with Crippen LogP contribution in [-0.2, 0) is 19.1 Å². The molecule has 0 radical (unpaired) electrons. The van der Waals surface area contributed by atoms with Crippen LogP contribution in [0.3, 0.4) is 0 Å². The fourth-order valence-electron chi connectivity index (χ4n) is 3.08. The van der Waals surface area contributed by atoms with Crippen LogP contribution in [0.15, 0.2) is 0 Å². The van der Waals surface area contributed by atoms with E-state index in [0.29, 0.717) is 6.61 Å². The molecule has 0 saturated heterocycles. The summed E-state index contributed by atoms with van der Waals surface area (Å²) >= 11 is 0. The standard InChI is InChI=1S/C22H42O4/c1-3-4-5-6-7-8-9-10-11-12-13-14-15-16-17-18-19-26-22(24)20-21(23)25-2/h3-20H2,1-2H3. The first-order valence-corrected chi connectivity index (χ1v) is 10.9. The minimum atomic E-state index is -0.540. The van der Waals surface area contributed by atoms with Crippen molar-refractivity contribution in [1.82, 2.24) is 0 Å². The average Bonchev–Trinajstić information content (AvgIpc) is 2.64. The molecule has 0 aromatic rings. The highest BCUT2D eigenvalue weighted by molar-refractivity contribution is 5.91. The number of ether oxygens (including phenoxy) is 2. The highest BCUT2D eigenvalue weighted by Crippen LogP contribution is 2.13. The molecule has 0 bridgehead atoms. The molecule has 0 aliphatic rings. The lowest BCUT2D eigenvalue weighted by Crippen LogP contribution is -2.12. The van der Waals surface area contributed by atoms with Crippen LogP contribution in [0, 0.1) is 0 Å². The zero-order valence-corrected chi connectivity index (χ0v) is 17.4. The van der Waals surface area contributed by atoms with Gasteiger partial charge in [-0.15, -0.1) is 0 Å². The van der Waals surface area contributed by atoms with E-state index in [9.17, 15) is 9.59 Å². The molecule has 0 saturated carbocycles. The third-order valence-corrected chi connectivity index (χ3v) is 4.78. The minimum absolute atomic E-state index is 0.282. The minimum Gasteiger partial charge on any atom is -0.469 e. The van der Waals surface area contributed by atoms with Gasteiger partial charge in [-0.2, -0.15) is 0 Å². The van der Waals surface area contributed by atoms with E-state index in [2.05, 4.69) is 11.7 Å². The maximum absolute atomic E-state index is 11.2. The molecule has 26 heavy (non-hydrogen) atoms. The first-order valence-electron chi connectivity index (χ1n) is 10.9. The largest absolute Gasteiger partial charge is 0.469 e. The van der Waals surface area contributed by atoms with E-state index in [-0.39, 0.29) is 6.42 Å². The molecule has 0 heterocycles. The van der Waals surface area contributed by atoms with Gasteiger partial charge in [-0.3, -0.25) is 9.59 Å². The van der Waals surface area contributed by atoms with Crippen molar-refractivity contribution in [3.8, 4) is 0 Å². The topological polar surface area (TPSA) is 52.6 Å². The fourth-order valence-corrected chi connectivity index (χ4v) is 3.08. The second kappa shape index (κ2) is 20.3. The number of rotatable bonds is 19. The van der Waals surface area contributed by atoms with Crippen molar-refractivity contribution in [1.29, 1.82) is 0 Å². The Labute approximate surface area is 161 Å². The zero-order chi connectivity index (χ0) is 19.3. The highest BCUT2D eigenvalue weighted by atomic mass is 16.5. The van der Waals surface area contributed by atoms with Crippen molar-refractivity contribution in [2.45, 2.75) is 116 Å². The fraction of sp³-hybridized carbons (Fsp3) is 0.909. The summed E-state index contributed by atoms with van der Waals surface area (Å²) in [6.07, 6.45) is 20.9. The number of carbonyl (C=O) groups is 2. The third-order valence-electron chi connectivity index (χ3n) is 4.78. The second-order valence-electron chi connectivity index (χ2n) is 7.28. The Morgan fingerprint density at radius 3 is 1.35 bits per heavy atom. The van der Waals surface area contributed by atoms with E-state index in [0.717, 1.165) is 12.8 Å². The summed E-state index contributed by atoms with van der Waals surface area (Å²) in [4.78, 5) is 22.1. The molecule has 154 valence electrons. The van der Waals surface area contributed by atoms with Gasteiger partial charge < -0.3 is 9.47 Å². The van der Waals surface area contributed by atoms with Crippen molar-refractivity contribution in [3.63, 3.8) is 0 Å². The third kappa shape index (κ3) is 19.3. The van der Waals surface area contributed by atoms with E-state index in [1.165, 1.54) is 97.0 Å². The van der Waals surface area contributed by atoms with Gasteiger partial charge in [0, 0.05) is 0 Å². The van der Waals surface area contributed by atoms with E-state index in [4.69, 9.17) is 4.74 Å². The van der Waals surface area contributed by atoms with Gasteiger partial charge in [0.15, 0.2) is 0 Å². The monoisotopic (exact) mass is 370 g/mol. The van der Waals surface area contributed by atoms with Crippen molar-refractivity contribution < 1.29 is 19.1 Å². The van der Waals surface area contributed by atoms with Crippen LogP contribution in [0.4, 0.5) is 0 Å². The SMILES string of the molecule is CCCCCCCCCCCCCCCCCCOC(=O)CC(=O)OC. The summed E-state index contributed by atoms with van der Waals surface area (Å²) in [5.41, 5.74) is 0. The molecule has 0 unspecified atom stereocenters. The van der Waals surface area contributed by atoms with Gasteiger partial charge in [0.1, 0.15) is 6.42 Å². The Hall–Kier alpha value is -1.06. The molecule has 4 heteroatoms. The maximum atomic E-state index is 11.2. The van der Waals surface area contributed by atoms with Gasteiger partial charge >= 0.3 is 11.9 Å². The van der Waals surface area contributed by atoms with Gasteiger partial charge in [-0.1, -0.05) is 103 Å². The second-order valence-corrected chi connectivity index (χ2v) is 7.28. The molecular formula is C22H42O4. The normalized spacial score (nSPS) is 10.7. The molecule has 0 amide bonds. The average molecular weight is 371 g/mol. The van der Waals surface area contributed by atoms with E-state index >= 15 is 0 Å². The molecule has 0 atom stereocenters. The van der Waals surface area contributed by atoms with Crippen LogP contribution in [0.5, 0.6) is 0 Å². The summed E-state index contributed by atoms with van der Waals surface area (Å²) in [7, 11) is 1.27. The van der Waals surface area contributed by atoms with Crippen molar-refractivity contribution in [3.05, 3.63) is 0 Å². The number of unbranched alkanes of at least 4 members (excludes halogenated alkanes) is 15. The Morgan fingerprint density at radius 1 is 0.577 bits per heavy atom. The summed E-state index contributed by atoms with van der Waals surface area (Å²) in [5.74, 6) is -1.03. The van der Waals surface area contributed by atoms with Crippen molar-refractivity contribution in [2.75, 3.05) is 13.7 Å². The molecule has 0 aromatic heterocycles. The van der Waals surface area contributed by atoms with Gasteiger partial charge in [-0.25, -0.2) is 0 Å². The molecule has 0 aliphatic heterocycles. The van der Waals surface area contributed by atoms with Crippen LogP contribution < -0.4 is 0 Å². The number of hydrogen-bond acceptors (Lipinski definition) is 4. The quantitative estimate of drug-likeness (QED) is 0.151. The Balaban J connectivity index is 3.11.